The van der Waals surface area contributed by atoms with E-state index in [1.165, 1.54) is 0 Å². The van der Waals surface area contributed by atoms with Crippen LogP contribution in [0.25, 0.3) is 11.5 Å². The van der Waals surface area contributed by atoms with Gasteiger partial charge in [0.05, 0.1) is 5.56 Å². The molecule has 1 heterocycles. The minimum Gasteiger partial charge on any atom is -0.457 e. The van der Waals surface area contributed by atoms with Crippen LogP contribution in [0.4, 0.5) is 0 Å². The van der Waals surface area contributed by atoms with Gasteiger partial charge in [0.25, 0.3) is 5.89 Å². The number of carbonyl (C=O) groups excluding carboxylic acids is 1. The van der Waals surface area contributed by atoms with Crippen molar-refractivity contribution in [2.75, 3.05) is 0 Å². The van der Waals surface area contributed by atoms with E-state index in [-0.39, 0.29) is 5.89 Å². The molecule has 0 saturated heterocycles. The predicted octanol–water partition coefficient (Wildman–Crippen LogP) is 5.76. The van der Waals surface area contributed by atoms with Gasteiger partial charge in [0, 0.05) is 5.56 Å². The molecule has 0 saturated carbocycles. The standard InChI is InChI=1S/C24H20N2O4/c1-16-8-6-9-18(14-16)23-26-25-22(30-23)17(2)28-24(27)19-10-7-13-21(15-19)29-20-11-4-3-5-12-20/h3-15,17H,1-2H3. The highest BCUT2D eigenvalue weighted by Gasteiger charge is 2.20. The first-order valence-corrected chi connectivity index (χ1v) is 9.53. The Kier molecular flexibility index (Phi) is 5.57. The zero-order valence-electron chi connectivity index (χ0n) is 16.6. The van der Waals surface area contributed by atoms with Crippen molar-refractivity contribution in [2.45, 2.75) is 20.0 Å². The van der Waals surface area contributed by atoms with E-state index in [1.54, 1.807) is 31.2 Å². The minimum absolute atomic E-state index is 0.233. The van der Waals surface area contributed by atoms with Crippen LogP contribution in [0, 0.1) is 6.92 Å². The van der Waals surface area contributed by atoms with Gasteiger partial charge in [-0.05, 0) is 56.3 Å². The number of hydrogen-bond donors (Lipinski definition) is 0. The van der Waals surface area contributed by atoms with Gasteiger partial charge in [-0.2, -0.15) is 0 Å². The lowest BCUT2D eigenvalue weighted by atomic mass is 10.1. The number of carbonyl (C=O) groups is 1. The van der Waals surface area contributed by atoms with Crippen LogP contribution in [0.5, 0.6) is 11.5 Å². The third-order valence-corrected chi connectivity index (χ3v) is 4.39. The zero-order chi connectivity index (χ0) is 20.9. The molecule has 0 aliphatic rings. The fraction of sp³-hybridized carbons (Fsp3) is 0.125. The number of aryl methyl sites for hydroxylation is 1. The Balaban J connectivity index is 1.44. The summed E-state index contributed by atoms with van der Waals surface area (Å²) in [5.74, 6) is 1.34. The van der Waals surface area contributed by atoms with Gasteiger partial charge in [-0.25, -0.2) is 4.79 Å². The van der Waals surface area contributed by atoms with Gasteiger partial charge < -0.3 is 13.9 Å². The maximum absolute atomic E-state index is 12.6. The molecular formula is C24H20N2O4. The minimum atomic E-state index is -0.692. The van der Waals surface area contributed by atoms with Crippen LogP contribution in [-0.2, 0) is 4.74 Å². The van der Waals surface area contributed by atoms with E-state index in [4.69, 9.17) is 13.9 Å². The molecule has 4 rings (SSSR count). The number of hydrogen-bond acceptors (Lipinski definition) is 6. The molecule has 4 aromatic rings. The smallest absolute Gasteiger partial charge is 0.339 e. The van der Waals surface area contributed by atoms with Gasteiger partial charge in [0.2, 0.25) is 5.89 Å². The van der Waals surface area contributed by atoms with Crippen LogP contribution in [0.2, 0.25) is 0 Å². The summed E-state index contributed by atoms with van der Waals surface area (Å²) in [5, 5.41) is 8.09. The molecule has 0 aliphatic heterocycles. The highest BCUT2D eigenvalue weighted by atomic mass is 16.6. The molecule has 6 nitrogen and oxygen atoms in total. The average Bonchev–Trinajstić information content (AvgIpc) is 3.25. The van der Waals surface area contributed by atoms with Gasteiger partial charge >= 0.3 is 5.97 Å². The molecule has 0 aliphatic carbocycles. The van der Waals surface area contributed by atoms with E-state index in [2.05, 4.69) is 10.2 Å². The first-order valence-electron chi connectivity index (χ1n) is 9.53. The number of para-hydroxylation sites is 1. The van der Waals surface area contributed by atoms with Crippen LogP contribution in [0.1, 0.15) is 34.8 Å². The quantitative estimate of drug-likeness (QED) is 0.383. The molecule has 0 N–H and O–H groups in total. The number of benzene rings is 3. The summed E-state index contributed by atoms with van der Waals surface area (Å²) in [7, 11) is 0. The third kappa shape index (κ3) is 4.55. The molecule has 30 heavy (non-hydrogen) atoms. The second-order valence-electron chi connectivity index (χ2n) is 6.81. The van der Waals surface area contributed by atoms with Crippen molar-refractivity contribution in [1.29, 1.82) is 0 Å². The van der Waals surface area contributed by atoms with Crippen molar-refractivity contribution in [3.8, 4) is 23.0 Å². The van der Waals surface area contributed by atoms with E-state index in [1.807, 2.05) is 61.5 Å². The van der Waals surface area contributed by atoms with Crippen LogP contribution in [0.15, 0.2) is 83.3 Å². The van der Waals surface area contributed by atoms with Gasteiger partial charge in [-0.15, -0.1) is 10.2 Å². The summed E-state index contributed by atoms with van der Waals surface area (Å²) in [6, 6.07) is 23.9. The fourth-order valence-corrected chi connectivity index (χ4v) is 2.88. The molecule has 150 valence electrons. The van der Waals surface area contributed by atoms with E-state index < -0.39 is 12.1 Å². The normalized spacial score (nSPS) is 11.7. The van der Waals surface area contributed by atoms with Crippen LogP contribution < -0.4 is 4.74 Å². The highest BCUT2D eigenvalue weighted by molar-refractivity contribution is 5.90. The number of esters is 1. The van der Waals surface area contributed by atoms with Crippen molar-refractivity contribution >= 4 is 5.97 Å². The summed E-state index contributed by atoms with van der Waals surface area (Å²) in [6.07, 6.45) is -0.692. The third-order valence-electron chi connectivity index (χ3n) is 4.39. The Labute approximate surface area is 174 Å². The molecule has 0 amide bonds. The number of aromatic nitrogens is 2. The van der Waals surface area contributed by atoms with Crippen LogP contribution >= 0.6 is 0 Å². The Morgan fingerprint density at radius 3 is 2.47 bits per heavy atom. The topological polar surface area (TPSA) is 74.5 Å². The van der Waals surface area contributed by atoms with Gasteiger partial charge in [0.1, 0.15) is 11.5 Å². The summed E-state index contributed by atoms with van der Waals surface area (Å²) in [6.45, 7) is 3.68. The van der Waals surface area contributed by atoms with Crippen LogP contribution in [0.3, 0.4) is 0 Å². The van der Waals surface area contributed by atoms with Crippen molar-refractivity contribution in [2.24, 2.45) is 0 Å². The van der Waals surface area contributed by atoms with E-state index in [0.717, 1.165) is 11.1 Å². The van der Waals surface area contributed by atoms with Gasteiger partial charge in [0.15, 0.2) is 6.10 Å². The first-order chi connectivity index (χ1) is 14.6. The molecule has 1 atom stereocenters. The summed E-state index contributed by atoms with van der Waals surface area (Å²) in [4.78, 5) is 12.6. The average molecular weight is 400 g/mol. The molecule has 0 fully saturated rings. The van der Waals surface area contributed by atoms with E-state index in [9.17, 15) is 4.79 Å². The number of ether oxygens (including phenoxy) is 2. The first kappa shape index (κ1) is 19.4. The Bertz CT molecular complexity index is 1150. The fourth-order valence-electron chi connectivity index (χ4n) is 2.88. The van der Waals surface area contributed by atoms with E-state index in [0.29, 0.717) is 23.0 Å². The maximum Gasteiger partial charge on any atom is 0.339 e. The van der Waals surface area contributed by atoms with Crippen molar-refractivity contribution in [1.82, 2.24) is 10.2 Å². The SMILES string of the molecule is Cc1cccc(-c2nnc(C(C)OC(=O)c3cccc(Oc4ccccc4)c3)o2)c1. The van der Waals surface area contributed by atoms with E-state index >= 15 is 0 Å². The van der Waals surface area contributed by atoms with Crippen molar-refractivity contribution in [3.05, 3.63) is 95.9 Å². The summed E-state index contributed by atoms with van der Waals surface area (Å²) in [5.41, 5.74) is 2.27. The highest BCUT2D eigenvalue weighted by Crippen LogP contribution is 2.25. The monoisotopic (exact) mass is 400 g/mol. The Morgan fingerprint density at radius 1 is 0.900 bits per heavy atom. The predicted molar refractivity (Wildman–Crippen MR) is 111 cm³/mol. The molecule has 0 radical (unpaired) electrons. The molecule has 0 spiro atoms. The maximum atomic E-state index is 12.6. The summed E-state index contributed by atoms with van der Waals surface area (Å²) < 4.78 is 17.0. The lowest BCUT2D eigenvalue weighted by Crippen LogP contribution is -2.09. The molecule has 0 bridgehead atoms. The lowest BCUT2D eigenvalue weighted by molar-refractivity contribution is 0.0279. The second kappa shape index (κ2) is 8.61. The largest absolute Gasteiger partial charge is 0.457 e. The molecule has 1 aromatic heterocycles. The van der Waals surface area contributed by atoms with Crippen molar-refractivity contribution in [3.63, 3.8) is 0 Å². The Hall–Kier alpha value is -3.93. The molecule has 1 unspecified atom stereocenters. The van der Waals surface area contributed by atoms with Crippen molar-refractivity contribution < 1.29 is 18.7 Å². The number of nitrogens with zero attached hydrogens (tertiary/aromatic N) is 2. The number of rotatable bonds is 6. The van der Waals surface area contributed by atoms with Crippen LogP contribution in [-0.4, -0.2) is 16.2 Å². The second-order valence-corrected chi connectivity index (χ2v) is 6.81. The molecular weight excluding hydrogens is 380 g/mol. The molecule has 3 aromatic carbocycles. The summed E-state index contributed by atoms with van der Waals surface area (Å²) >= 11 is 0. The molecule has 6 heteroatoms. The van der Waals surface area contributed by atoms with Gasteiger partial charge in [-0.3, -0.25) is 0 Å². The zero-order valence-corrected chi connectivity index (χ0v) is 16.6. The van der Waals surface area contributed by atoms with Gasteiger partial charge in [-0.1, -0.05) is 42.0 Å². The Morgan fingerprint density at radius 2 is 1.67 bits per heavy atom. The lowest BCUT2D eigenvalue weighted by Gasteiger charge is -2.11.